The maximum absolute atomic E-state index is 13.5. The number of para-hydroxylation sites is 4. The highest BCUT2D eigenvalue weighted by Gasteiger charge is 2.42. The smallest absolute Gasteiger partial charge is 0.325 e. The van der Waals surface area contributed by atoms with Gasteiger partial charge in [-0.25, -0.2) is 9.69 Å². The Morgan fingerprint density at radius 3 is 2.12 bits per heavy atom. The van der Waals surface area contributed by atoms with Crippen LogP contribution in [-0.2, 0) is 4.79 Å². The highest BCUT2D eigenvalue weighted by molar-refractivity contribution is 8.04. The van der Waals surface area contributed by atoms with Gasteiger partial charge in [0.05, 0.1) is 16.3 Å². The molecule has 0 saturated carbocycles. The molecule has 9 heteroatoms. The van der Waals surface area contributed by atoms with Crippen LogP contribution in [0.1, 0.15) is 22.9 Å². The second-order valence-electron chi connectivity index (χ2n) is 9.55. The zero-order valence-electron chi connectivity index (χ0n) is 21.9. The number of phenols is 2. The van der Waals surface area contributed by atoms with E-state index >= 15 is 0 Å². The van der Waals surface area contributed by atoms with Crippen molar-refractivity contribution in [2.24, 2.45) is 0 Å². The first-order valence-corrected chi connectivity index (χ1v) is 14.9. The minimum absolute atomic E-state index is 0.000271. The van der Waals surface area contributed by atoms with Crippen molar-refractivity contribution in [1.82, 2.24) is 10.2 Å². The van der Waals surface area contributed by atoms with Crippen LogP contribution in [-0.4, -0.2) is 40.1 Å². The molecular weight excluding hydrogens is 555 g/mol. The highest BCUT2D eigenvalue weighted by Crippen LogP contribution is 2.49. The zero-order chi connectivity index (χ0) is 28.3. The van der Waals surface area contributed by atoms with Crippen LogP contribution in [0, 0.1) is 0 Å². The van der Waals surface area contributed by atoms with E-state index < -0.39 is 17.3 Å². The maximum Gasteiger partial charge on any atom is 0.325 e. The van der Waals surface area contributed by atoms with Gasteiger partial charge in [0.1, 0.15) is 16.9 Å². The predicted molar refractivity (Wildman–Crippen MR) is 163 cm³/mol. The number of thioether (sulfide) groups is 1. The van der Waals surface area contributed by atoms with E-state index in [4.69, 9.17) is 0 Å². The van der Waals surface area contributed by atoms with Crippen LogP contribution < -0.4 is 10.2 Å². The van der Waals surface area contributed by atoms with E-state index in [1.807, 2.05) is 24.3 Å². The van der Waals surface area contributed by atoms with Crippen LogP contribution in [0.2, 0.25) is 0 Å². The van der Waals surface area contributed by atoms with Crippen molar-refractivity contribution in [2.75, 3.05) is 18.0 Å². The average Bonchev–Trinajstić information content (AvgIpc) is 3.31. The van der Waals surface area contributed by atoms with Gasteiger partial charge in [-0.1, -0.05) is 84.2 Å². The van der Waals surface area contributed by atoms with Gasteiger partial charge in [-0.3, -0.25) is 4.79 Å². The van der Waals surface area contributed by atoms with Crippen molar-refractivity contribution in [1.29, 1.82) is 0 Å². The fourth-order valence-electron chi connectivity index (χ4n) is 4.93. The topological polar surface area (TPSA) is 93.1 Å². The van der Waals surface area contributed by atoms with Crippen molar-refractivity contribution in [2.45, 2.75) is 21.6 Å². The molecule has 0 aromatic heterocycles. The predicted octanol–water partition coefficient (Wildman–Crippen LogP) is 7.12. The molecule has 2 heterocycles. The van der Waals surface area contributed by atoms with E-state index in [0.29, 0.717) is 35.5 Å². The summed E-state index contributed by atoms with van der Waals surface area (Å²) < 4.78 is 0. The van der Waals surface area contributed by atoms with Crippen LogP contribution in [0.25, 0.3) is 6.08 Å². The zero-order valence-corrected chi connectivity index (χ0v) is 23.6. The lowest BCUT2D eigenvalue weighted by atomic mass is 10.1. The molecule has 41 heavy (non-hydrogen) atoms. The quantitative estimate of drug-likeness (QED) is 0.165. The van der Waals surface area contributed by atoms with E-state index in [1.54, 1.807) is 60.3 Å². The average molecular weight is 582 g/mol. The third kappa shape index (κ3) is 5.38. The molecule has 0 aliphatic carbocycles. The molecule has 1 atom stereocenters. The second kappa shape index (κ2) is 11.6. The number of hydrogen-bond donors (Lipinski definition) is 3. The van der Waals surface area contributed by atoms with Crippen molar-refractivity contribution in [3.05, 3.63) is 113 Å². The van der Waals surface area contributed by atoms with Gasteiger partial charge in [0, 0.05) is 34.0 Å². The van der Waals surface area contributed by atoms with Gasteiger partial charge in [-0.15, -0.1) is 0 Å². The number of phenolic OH excluding ortho intramolecular Hbond substituents is 2. The van der Waals surface area contributed by atoms with Crippen molar-refractivity contribution < 1.29 is 19.8 Å². The molecule has 0 spiro atoms. The monoisotopic (exact) mass is 581 g/mol. The van der Waals surface area contributed by atoms with E-state index in [0.717, 1.165) is 16.3 Å². The molecule has 4 aromatic rings. The number of amides is 3. The Morgan fingerprint density at radius 1 is 0.829 bits per heavy atom. The van der Waals surface area contributed by atoms with Crippen molar-refractivity contribution in [3.8, 4) is 11.5 Å². The number of fused-ring (bicyclic) bond motifs is 2. The number of rotatable bonds is 6. The summed E-state index contributed by atoms with van der Waals surface area (Å²) in [6.45, 7) is 1.03. The molecule has 6 rings (SSSR count). The van der Waals surface area contributed by atoms with Gasteiger partial charge < -0.3 is 20.4 Å². The van der Waals surface area contributed by atoms with Crippen LogP contribution in [0.4, 0.5) is 16.2 Å². The number of aromatic hydroxyl groups is 2. The summed E-state index contributed by atoms with van der Waals surface area (Å²) in [5.41, 5.74) is 3.20. The Bertz CT molecular complexity index is 1610. The number of carbonyl (C=O) groups is 2. The minimum Gasteiger partial charge on any atom is -0.508 e. The molecule has 3 amide bonds. The lowest BCUT2D eigenvalue weighted by molar-refractivity contribution is -0.123. The molecule has 1 saturated heterocycles. The number of hydrogen-bond acceptors (Lipinski definition) is 7. The number of urea groups is 1. The molecular formula is C32H27N3O4S2. The van der Waals surface area contributed by atoms with E-state index in [9.17, 15) is 19.8 Å². The maximum atomic E-state index is 13.5. The normalized spacial score (nSPS) is 16.9. The first-order valence-electron chi connectivity index (χ1n) is 13.2. The van der Waals surface area contributed by atoms with Gasteiger partial charge in [0.2, 0.25) is 0 Å². The fourth-order valence-corrected chi connectivity index (χ4v) is 7.29. The lowest BCUT2D eigenvalue weighted by Crippen LogP contribution is -2.42. The molecule has 0 bridgehead atoms. The number of anilines is 2. The largest absolute Gasteiger partial charge is 0.508 e. The first-order chi connectivity index (χ1) is 20.0. The minimum atomic E-state index is -0.751. The van der Waals surface area contributed by atoms with Crippen LogP contribution >= 0.6 is 23.5 Å². The number of benzene rings is 4. The fraction of sp³-hybridized carbons (Fsp3) is 0.125. The van der Waals surface area contributed by atoms with Crippen LogP contribution in [0.3, 0.4) is 0 Å². The third-order valence-electron chi connectivity index (χ3n) is 6.91. The van der Waals surface area contributed by atoms with Crippen LogP contribution in [0.5, 0.6) is 11.5 Å². The standard InChI is InChI=1S/C32H27N3O4S2/c36-25-14-5-1-10-21(25)20-29-30(38)35(31(41-29)22-11-2-6-15-26(22)37)32(39)33-18-9-19-34-23-12-3-7-16-27(23)40-28-17-8-4-13-24(28)34/h1-8,10-17,20,31,36-37H,9,18-19H2,(H,33,39)/b29-20+. The van der Waals surface area contributed by atoms with E-state index in [2.05, 4.69) is 34.5 Å². The van der Waals surface area contributed by atoms with Gasteiger partial charge in [0.25, 0.3) is 5.91 Å². The molecule has 4 aromatic carbocycles. The number of carbonyl (C=O) groups excluding carboxylic acids is 2. The molecule has 3 N–H and O–H groups in total. The first kappa shape index (κ1) is 26.9. The molecule has 7 nitrogen and oxygen atoms in total. The van der Waals surface area contributed by atoms with Gasteiger partial charge in [-0.2, -0.15) is 0 Å². The summed E-state index contributed by atoms with van der Waals surface area (Å²) in [4.78, 5) is 33.1. The Hall–Kier alpha value is -4.34. The summed E-state index contributed by atoms with van der Waals surface area (Å²) in [7, 11) is 0. The summed E-state index contributed by atoms with van der Waals surface area (Å²) in [6, 6.07) is 29.4. The molecule has 0 radical (unpaired) electrons. The third-order valence-corrected chi connectivity index (χ3v) is 9.28. The number of nitrogens with one attached hydrogen (secondary N) is 1. The highest BCUT2D eigenvalue weighted by atomic mass is 32.2. The Kier molecular flexibility index (Phi) is 7.63. The van der Waals surface area contributed by atoms with Gasteiger partial charge >= 0.3 is 6.03 Å². The Morgan fingerprint density at radius 2 is 1.44 bits per heavy atom. The van der Waals surface area contributed by atoms with E-state index in [1.165, 1.54) is 27.6 Å². The summed E-state index contributed by atoms with van der Waals surface area (Å²) in [5, 5.41) is 22.9. The van der Waals surface area contributed by atoms with Crippen molar-refractivity contribution >= 4 is 52.9 Å². The van der Waals surface area contributed by atoms with Gasteiger partial charge in [0.15, 0.2) is 0 Å². The Labute approximate surface area is 246 Å². The van der Waals surface area contributed by atoms with E-state index in [-0.39, 0.29) is 11.5 Å². The summed E-state index contributed by atoms with van der Waals surface area (Å²) in [6.07, 6.45) is 2.22. The second-order valence-corrected chi connectivity index (χ2v) is 11.8. The SMILES string of the molecule is O=C(NCCCN1c2ccccc2Sc2ccccc21)N1C(=O)/C(=C\c2ccccc2O)SC1c1ccccc1O. The molecule has 206 valence electrons. The summed E-state index contributed by atoms with van der Waals surface area (Å²) >= 11 is 2.92. The number of imide groups is 1. The Balaban J connectivity index is 1.19. The molecule has 2 aliphatic heterocycles. The van der Waals surface area contributed by atoms with Crippen LogP contribution in [0.15, 0.2) is 112 Å². The van der Waals surface area contributed by atoms with Crippen molar-refractivity contribution in [3.63, 3.8) is 0 Å². The molecule has 1 unspecified atom stereocenters. The lowest BCUT2D eigenvalue weighted by Gasteiger charge is -2.32. The number of nitrogens with zero attached hydrogens (tertiary/aromatic N) is 2. The molecule has 2 aliphatic rings. The molecule has 1 fully saturated rings. The van der Waals surface area contributed by atoms with Gasteiger partial charge in [-0.05, 0) is 48.9 Å². The summed E-state index contributed by atoms with van der Waals surface area (Å²) in [5.74, 6) is -0.450.